The van der Waals surface area contributed by atoms with E-state index >= 15 is 0 Å². The van der Waals surface area contributed by atoms with Crippen molar-refractivity contribution < 1.29 is 4.74 Å². The van der Waals surface area contributed by atoms with Crippen LogP contribution in [-0.4, -0.2) is 12.7 Å². The summed E-state index contributed by atoms with van der Waals surface area (Å²) in [6.45, 7) is 0.900. The maximum Gasteiger partial charge on any atom is 0.0593 e. The van der Waals surface area contributed by atoms with Crippen LogP contribution in [0.3, 0.4) is 0 Å². The van der Waals surface area contributed by atoms with Gasteiger partial charge in [0, 0.05) is 12.6 Å². The van der Waals surface area contributed by atoms with E-state index < -0.39 is 0 Å². The zero-order chi connectivity index (χ0) is 11.2. The molecule has 88 valence electrons. The largest absolute Gasteiger partial charge is 0.378 e. The first kappa shape index (κ1) is 11.6. The van der Waals surface area contributed by atoms with Gasteiger partial charge < -0.3 is 4.74 Å². The molecule has 0 aromatic heterocycles. The fourth-order valence-corrected chi connectivity index (χ4v) is 2.24. The zero-order valence-corrected chi connectivity index (χ0v) is 9.56. The summed E-state index contributed by atoms with van der Waals surface area (Å²) in [5.74, 6) is 5.62. The van der Waals surface area contributed by atoms with Gasteiger partial charge in [0.2, 0.25) is 0 Å². The smallest absolute Gasteiger partial charge is 0.0593 e. The van der Waals surface area contributed by atoms with Crippen molar-refractivity contribution in [1.29, 1.82) is 0 Å². The molecule has 0 radical (unpaired) electrons. The fourth-order valence-electron chi connectivity index (χ4n) is 2.24. The van der Waals surface area contributed by atoms with Crippen molar-refractivity contribution in [2.75, 3.05) is 6.61 Å². The molecule has 2 atom stereocenters. The molecule has 0 spiro atoms. The van der Waals surface area contributed by atoms with Crippen molar-refractivity contribution in [3.63, 3.8) is 0 Å². The summed E-state index contributed by atoms with van der Waals surface area (Å²) in [4.78, 5) is 0. The van der Waals surface area contributed by atoms with E-state index in [9.17, 15) is 0 Å². The molecule has 16 heavy (non-hydrogen) atoms. The van der Waals surface area contributed by atoms with Gasteiger partial charge in [0.1, 0.15) is 0 Å². The SMILES string of the molecule is NNC(CC1CCCCO1)c1ccccc1. The van der Waals surface area contributed by atoms with E-state index in [4.69, 9.17) is 10.6 Å². The van der Waals surface area contributed by atoms with E-state index in [1.165, 1.54) is 18.4 Å². The molecular formula is C13H20N2O. The van der Waals surface area contributed by atoms with Gasteiger partial charge in [-0.3, -0.25) is 11.3 Å². The van der Waals surface area contributed by atoms with E-state index in [1.54, 1.807) is 0 Å². The average Bonchev–Trinajstić information content (AvgIpc) is 2.38. The van der Waals surface area contributed by atoms with Gasteiger partial charge in [0.25, 0.3) is 0 Å². The predicted octanol–water partition coefficient (Wildman–Crippen LogP) is 2.15. The Morgan fingerprint density at radius 2 is 2.12 bits per heavy atom. The first-order valence-corrected chi connectivity index (χ1v) is 6.03. The van der Waals surface area contributed by atoms with Crippen LogP contribution >= 0.6 is 0 Å². The molecule has 1 aromatic rings. The van der Waals surface area contributed by atoms with Gasteiger partial charge in [-0.1, -0.05) is 30.3 Å². The summed E-state index contributed by atoms with van der Waals surface area (Å²) in [6, 6.07) is 10.5. The molecular weight excluding hydrogens is 200 g/mol. The van der Waals surface area contributed by atoms with E-state index in [-0.39, 0.29) is 6.04 Å². The second-order valence-corrected chi connectivity index (χ2v) is 4.35. The lowest BCUT2D eigenvalue weighted by molar-refractivity contribution is 0.00502. The van der Waals surface area contributed by atoms with Gasteiger partial charge in [-0.25, -0.2) is 0 Å². The minimum atomic E-state index is 0.198. The molecule has 3 N–H and O–H groups in total. The maximum atomic E-state index is 5.74. The minimum Gasteiger partial charge on any atom is -0.378 e. The number of hydrogen-bond acceptors (Lipinski definition) is 3. The Bertz CT molecular complexity index is 296. The lowest BCUT2D eigenvalue weighted by Gasteiger charge is -2.26. The number of hydrazine groups is 1. The van der Waals surface area contributed by atoms with Crippen LogP contribution < -0.4 is 11.3 Å². The van der Waals surface area contributed by atoms with Crippen LogP contribution in [0.15, 0.2) is 30.3 Å². The summed E-state index contributed by atoms with van der Waals surface area (Å²) >= 11 is 0. The van der Waals surface area contributed by atoms with Gasteiger partial charge >= 0.3 is 0 Å². The number of ether oxygens (including phenoxy) is 1. The predicted molar refractivity (Wildman–Crippen MR) is 64.7 cm³/mol. The first-order valence-electron chi connectivity index (χ1n) is 6.03. The molecule has 0 saturated carbocycles. The van der Waals surface area contributed by atoms with Crippen LogP contribution in [0.4, 0.5) is 0 Å². The second-order valence-electron chi connectivity index (χ2n) is 4.35. The van der Waals surface area contributed by atoms with Crippen molar-refractivity contribution in [2.24, 2.45) is 5.84 Å². The highest BCUT2D eigenvalue weighted by Gasteiger charge is 2.19. The Kier molecular flexibility index (Phi) is 4.34. The van der Waals surface area contributed by atoms with Crippen molar-refractivity contribution >= 4 is 0 Å². The highest BCUT2D eigenvalue weighted by molar-refractivity contribution is 5.18. The molecule has 1 aromatic carbocycles. The Labute approximate surface area is 97.0 Å². The van der Waals surface area contributed by atoms with E-state index in [1.807, 2.05) is 18.2 Å². The van der Waals surface area contributed by atoms with Crippen LogP contribution in [0.1, 0.15) is 37.3 Å². The molecule has 0 aliphatic carbocycles. The third kappa shape index (κ3) is 3.04. The Morgan fingerprint density at radius 1 is 1.31 bits per heavy atom. The molecule has 0 amide bonds. The molecule has 1 heterocycles. The molecule has 1 fully saturated rings. The highest BCUT2D eigenvalue weighted by atomic mass is 16.5. The molecule has 0 bridgehead atoms. The van der Waals surface area contributed by atoms with Crippen molar-refractivity contribution in [1.82, 2.24) is 5.43 Å². The summed E-state index contributed by atoms with van der Waals surface area (Å²) in [5.41, 5.74) is 4.12. The quantitative estimate of drug-likeness (QED) is 0.604. The Hall–Kier alpha value is -0.900. The van der Waals surface area contributed by atoms with Crippen LogP contribution in [0.5, 0.6) is 0 Å². The molecule has 1 aliphatic rings. The van der Waals surface area contributed by atoms with Crippen molar-refractivity contribution in [3.8, 4) is 0 Å². The lowest BCUT2D eigenvalue weighted by Crippen LogP contribution is -2.32. The Morgan fingerprint density at radius 3 is 2.75 bits per heavy atom. The molecule has 1 aliphatic heterocycles. The number of nitrogens with one attached hydrogen (secondary N) is 1. The van der Waals surface area contributed by atoms with E-state index in [2.05, 4.69) is 17.6 Å². The van der Waals surface area contributed by atoms with E-state index in [0.717, 1.165) is 19.4 Å². The van der Waals surface area contributed by atoms with Gasteiger partial charge in [0.15, 0.2) is 0 Å². The van der Waals surface area contributed by atoms with Gasteiger partial charge in [0.05, 0.1) is 6.10 Å². The number of hydrogen-bond donors (Lipinski definition) is 2. The van der Waals surface area contributed by atoms with Gasteiger partial charge in [-0.15, -0.1) is 0 Å². The molecule has 3 heteroatoms. The summed E-state index contributed by atoms with van der Waals surface area (Å²) in [5, 5.41) is 0. The van der Waals surface area contributed by atoms with E-state index in [0.29, 0.717) is 6.10 Å². The highest BCUT2D eigenvalue weighted by Crippen LogP contribution is 2.24. The third-order valence-corrected chi connectivity index (χ3v) is 3.18. The zero-order valence-electron chi connectivity index (χ0n) is 9.56. The summed E-state index contributed by atoms with van der Waals surface area (Å²) < 4.78 is 5.74. The molecule has 2 unspecified atom stereocenters. The standard InChI is InChI=1S/C13H20N2O/c14-15-13(11-6-2-1-3-7-11)10-12-8-4-5-9-16-12/h1-3,6-7,12-13,15H,4-5,8-10,14H2. The molecule has 2 rings (SSSR count). The monoisotopic (exact) mass is 220 g/mol. The van der Waals surface area contributed by atoms with Crippen molar-refractivity contribution in [2.45, 2.75) is 37.8 Å². The minimum absolute atomic E-state index is 0.198. The van der Waals surface area contributed by atoms with Crippen LogP contribution in [0.25, 0.3) is 0 Å². The van der Waals surface area contributed by atoms with Gasteiger partial charge in [-0.2, -0.15) is 0 Å². The van der Waals surface area contributed by atoms with Crippen LogP contribution in [-0.2, 0) is 4.74 Å². The maximum absolute atomic E-state index is 5.74. The first-order chi connectivity index (χ1) is 7.90. The normalized spacial score (nSPS) is 22.9. The number of benzene rings is 1. The van der Waals surface area contributed by atoms with Crippen LogP contribution in [0.2, 0.25) is 0 Å². The molecule has 1 saturated heterocycles. The van der Waals surface area contributed by atoms with Crippen LogP contribution in [0, 0.1) is 0 Å². The third-order valence-electron chi connectivity index (χ3n) is 3.18. The second kappa shape index (κ2) is 5.99. The lowest BCUT2D eigenvalue weighted by atomic mass is 9.97. The average molecular weight is 220 g/mol. The summed E-state index contributed by atoms with van der Waals surface area (Å²) in [6.07, 6.45) is 4.94. The fraction of sp³-hybridized carbons (Fsp3) is 0.538. The molecule has 3 nitrogen and oxygen atoms in total. The Balaban J connectivity index is 1.94. The van der Waals surface area contributed by atoms with Gasteiger partial charge in [-0.05, 0) is 31.2 Å². The number of rotatable bonds is 4. The summed E-state index contributed by atoms with van der Waals surface area (Å²) in [7, 11) is 0. The number of nitrogens with two attached hydrogens (primary N) is 1. The topological polar surface area (TPSA) is 47.3 Å². The van der Waals surface area contributed by atoms with Crippen molar-refractivity contribution in [3.05, 3.63) is 35.9 Å².